The number of urea groups is 1. The molecule has 21 heavy (non-hydrogen) atoms. The van der Waals surface area contributed by atoms with Gasteiger partial charge in [0.2, 0.25) is 0 Å². The lowest BCUT2D eigenvalue weighted by atomic mass is 9.64. The van der Waals surface area contributed by atoms with Gasteiger partial charge in [-0.15, -0.1) is 0 Å². The molecule has 0 aromatic heterocycles. The molecule has 2 N–H and O–H groups in total. The van der Waals surface area contributed by atoms with Gasteiger partial charge in [-0.1, -0.05) is 38.1 Å². The number of benzene rings is 1. The molecule has 1 aromatic carbocycles. The van der Waals surface area contributed by atoms with E-state index in [9.17, 15) is 4.79 Å². The quantitative estimate of drug-likeness (QED) is 0.817. The number of carbonyl (C=O) groups is 1. The minimum atomic E-state index is -0.551. The molecule has 0 radical (unpaired) electrons. The number of nitrogens with zero attached hydrogens (tertiary/aromatic N) is 1. The average molecular weight is 283 g/mol. The highest BCUT2D eigenvalue weighted by molar-refractivity contribution is 6.09. The molecule has 3 aliphatic rings. The predicted molar refractivity (Wildman–Crippen MR) is 81.5 cm³/mol. The Hall–Kier alpha value is -1.84. The van der Waals surface area contributed by atoms with Crippen LogP contribution < -0.4 is 5.32 Å². The number of amides is 2. The molecule has 2 amide bonds. The summed E-state index contributed by atoms with van der Waals surface area (Å²) in [7, 11) is 0. The summed E-state index contributed by atoms with van der Waals surface area (Å²) in [6.07, 6.45) is 3.96. The van der Waals surface area contributed by atoms with Gasteiger partial charge in [-0.25, -0.2) is 4.79 Å². The molecule has 4 heteroatoms. The molecule has 1 atom stereocenters. The summed E-state index contributed by atoms with van der Waals surface area (Å²) in [5.41, 5.74) is 1.98. The average Bonchev–Trinajstić information content (AvgIpc) is 3.23. The molecule has 4 rings (SSSR count). The van der Waals surface area contributed by atoms with Crippen molar-refractivity contribution in [2.45, 2.75) is 56.5 Å². The number of carbonyl (C=O) groups excluding carboxylic acids is 1. The van der Waals surface area contributed by atoms with Crippen molar-refractivity contribution in [3.63, 3.8) is 0 Å². The zero-order chi connectivity index (χ0) is 14.8. The van der Waals surface area contributed by atoms with E-state index in [1.807, 2.05) is 11.0 Å². The summed E-state index contributed by atoms with van der Waals surface area (Å²) in [5, 5.41) is 11.2. The predicted octanol–water partition coefficient (Wildman–Crippen LogP) is 3.12. The fourth-order valence-corrected chi connectivity index (χ4v) is 4.08. The fraction of sp³-hybridized carbons (Fsp3) is 0.529. The number of amidine groups is 1. The van der Waals surface area contributed by atoms with Crippen LogP contribution in [0.3, 0.4) is 0 Å². The maximum atomic E-state index is 12.4. The van der Waals surface area contributed by atoms with Crippen molar-refractivity contribution in [1.82, 2.24) is 10.2 Å². The highest BCUT2D eigenvalue weighted by Gasteiger charge is 2.59. The van der Waals surface area contributed by atoms with E-state index in [0.717, 1.165) is 31.2 Å². The van der Waals surface area contributed by atoms with Crippen molar-refractivity contribution < 1.29 is 4.79 Å². The van der Waals surface area contributed by atoms with Crippen molar-refractivity contribution in [2.75, 3.05) is 0 Å². The number of fused-ring (bicyclic) bond motifs is 2. The van der Waals surface area contributed by atoms with Crippen molar-refractivity contribution in [3.05, 3.63) is 35.4 Å². The summed E-state index contributed by atoms with van der Waals surface area (Å²) in [6.45, 7) is 4.52. The molecule has 1 aliphatic heterocycles. The first-order valence-corrected chi connectivity index (χ1v) is 7.76. The van der Waals surface area contributed by atoms with E-state index in [-0.39, 0.29) is 11.4 Å². The maximum absolute atomic E-state index is 12.4. The van der Waals surface area contributed by atoms with Crippen LogP contribution in [0.15, 0.2) is 24.3 Å². The van der Waals surface area contributed by atoms with E-state index >= 15 is 0 Å². The molecule has 2 aliphatic carbocycles. The molecular formula is C17H21N3O. The van der Waals surface area contributed by atoms with Gasteiger partial charge in [-0.05, 0) is 42.2 Å². The van der Waals surface area contributed by atoms with Crippen molar-refractivity contribution in [1.29, 1.82) is 5.41 Å². The monoisotopic (exact) mass is 283 g/mol. The van der Waals surface area contributed by atoms with Gasteiger partial charge in [0, 0.05) is 6.04 Å². The zero-order valence-electron chi connectivity index (χ0n) is 12.6. The highest BCUT2D eigenvalue weighted by Crippen LogP contribution is 2.52. The Labute approximate surface area is 125 Å². The highest BCUT2D eigenvalue weighted by atomic mass is 16.2. The first-order valence-electron chi connectivity index (χ1n) is 7.76. The van der Waals surface area contributed by atoms with Gasteiger partial charge < -0.3 is 4.90 Å². The normalized spacial score (nSPS) is 30.5. The molecule has 1 spiro atoms. The topological polar surface area (TPSA) is 56.2 Å². The van der Waals surface area contributed by atoms with Crippen LogP contribution in [0.25, 0.3) is 0 Å². The second-order valence-electron chi connectivity index (χ2n) is 7.20. The Morgan fingerprint density at radius 2 is 1.86 bits per heavy atom. The number of rotatable bonds is 1. The third-order valence-electron chi connectivity index (χ3n) is 5.40. The third-order valence-corrected chi connectivity index (χ3v) is 5.40. The van der Waals surface area contributed by atoms with E-state index in [4.69, 9.17) is 5.41 Å². The first kappa shape index (κ1) is 12.9. The van der Waals surface area contributed by atoms with Crippen LogP contribution in [0.1, 0.15) is 50.7 Å². The van der Waals surface area contributed by atoms with Crippen LogP contribution in [0.5, 0.6) is 0 Å². The van der Waals surface area contributed by atoms with E-state index < -0.39 is 5.54 Å². The van der Waals surface area contributed by atoms with Gasteiger partial charge in [0.15, 0.2) is 0 Å². The Bertz CT molecular complexity index is 647. The van der Waals surface area contributed by atoms with Crippen molar-refractivity contribution >= 4 is 11.9 Å². The summed E-state index contributed by atoms with van der Waals surface area (Å²) in [5.74, 6) is 0.363. The Balaban J connectivity index is 1.95. The van der Waals surface area contributed by atoms with Crippen molar-refractivity contribution in [3.8, 4) is 0 Å². The van der Waals surface area contributed by atoms with Crippen LogP contribution in [0.2, 0.25) is 0 Å². The number of hydrogen-bond acceptors (Lipinski definition) is 2. The number of hydrogen-bond donors (Lipinski definition) is 2. The zero-order valence-corrected chi connectivity index (χ0v) is 12.6. The summed E-state index contributed by atoms with van der Waals surface area (Å²) < 4.78 is 0. The third kappa shape index (κ3) is 1.56. The van der Waals surface area contributed by atoms with Crippen LogP contribution >= 0.6 is 0 Å². The second-order valence-corrected chi connectivity index (χ2v) is 7.20. The SMILES string of the molecule is CC1(C)CCC2(C(=N)NC(=O)N2C2CC2)c2ccccc21. The number of nitrogens with one attached hydrogen (secondary N) is 2. The van der Waals surface area contributed by atoms with Crippen molar-refractivity contribution in [2.24, 2.45) is 0 Å². The minimum absolute atomic E-state index is 0.0861. The van der Waals surface area contributed by atoms with E-state index in [2.05, 4.69) is 37.4 Å². The van der Waals surface area contributed by atoms with Gasteiger partial charge in [0.1, 0.15) is 11.4 Å². The Morgan fingerprint density at radius 1 is 1.19 bits per heavy atom. The smallest absolute Gasteiger partial charge is 0.305 e. The van der Waals surface area contributed by atoms with Crippen LogP contribution in [-0.2, 0) is 11.0 Å². The maximum Gasteiger partial charge on any atom is 0.324 e. The molecule has 2 fully saturated rings. The van der Waals surface area contributed by atoms with Gasteiger partial charge in [0.05, 0.1) is 0 Å². The summed E-state index contributed by atoms with van der Waals surface area (Å²) in [6, 6.07) is 8.59. The summed E-state index contributed by atoms with van der Waals surface area (Å²) >= 11 is 0. The van der Waals surface area contributed by atoms with Gasteiger partial charge in [-0.3, -0.25) is 10.7 Å². The lowest BCUT2D eigenvalue weighted by molar-refractivity contribution is 0.145. The van der Waals surface area contributed by atoms with E-state index in [0.29, 0.717) is 11.9 Å². The molecule has 0 bridgehead atoms. The van der Waals surface area contributed by atoms with Gasteiger partial charge in [0.25, 0.3) is 0 Å². The molecule has 1 saturated carbocycles. The van der Waals surface area contributed by atoms with Crippen LogP contribution in [-0.4, -0.2) is 22.8 Å². The van der Waals surface area contributed by atoms with Gasteiger partial charge >= 0.3 is 6.03 Å². The van der Waals surface area contributed by atoms with Crippen LogP contribution in [0.4, 0.5) is 4.79 Å². The Kier molecular flexibility index (Phi) is 2.37. The molecule has 110 valence electrons. The second kappa shape index (κ2) is 3.87. The largest absolute Gasteiger partial charge is 0.324 e. The molecule has 4 nitrogen and oxygen atoms in total. The molecule has 1 aromatic rings. The first-order chi connectivity index (χ1) is 9.97. The minimum Gasteiger partial charge on any atom is -0.305 e. The van der Waals surface area contributed by atoms with Crippen LogP contribution in [0, 0.1) is 5.41 Å². The van der Waals surface area contributed by atoms with E-state index in [1.54, 1.807) is 0 Å². The van der Waals surface area contributed by atoms with Gasteiger partial charge in [-0.2, -0.15) is 0 Å². The molecule has 1 heterocycles. The molecule has 1 saturated heterocycles. The fourth-order valence-electron chi connectivity index (χ4n) is 4.08. The lowest BCUT2D eigenvalue weighted by Crippen LogP contribution is -2.52. The lowest BCUT2D eigenvalue weighted by Gasteiger charge is -2.46. The summed E-state index contributed by atoms with van der Waals surface area (Å²) in [4.78, 5) is 14.3. The van der Waals surface area contributed by atoms with E-state index in [1.165, 1.54) is 5.56 Å². The molecular weight excluding hydrogens is 262 g/mol. The molecule has 1 unspecified atom stereocenters. The standard InChI is InChI=1S/C17H21N3O/c1-16(2)9-10-17(13-6-4-3-5-12(13)16)14(18)19-15(21)20(17)11-7-8-11/h3-6,11H,7-10H2,1-2H3,(H2,18,19,21). The Morgan fingerprint density at radius 3 is 2.52 bits per heavy atom.